The second kappa shape index (κ2) is 5.73. The SMILES string of the molecule is O=C1CCC(N2C(=O)c3cc4c(cc3C2=O)CC2(CCNCC2)C4)C(=O)N1. The molecule has 2 saturated heterocycles. The molecule has 2 N–H and O–H groups in total. The maximum Gasteiger partial charge on any atom is 0.262 e. The average Bonchev–Trinajstić information content (AvgIpc) is 3.09. The average molecular weight is 367 g/mol. The summed E-state index contributed by atoms with van der Waals surface area (Å²) in [5.41, 5.74) is 3.35. The molecule has 3 heterocycles. The molecule has 4 amide bonds. The number of carbonyl (C=O) groups is 4. The molecule has 2 fully saturated rings. The summed E-state index contributed by atoms with van der Waals surface area (Å²) in [7, 11) is 0. The lowest BCUT2D eigenvalue weighted by molar-refractivity contribution is -0.136. The number of benzene rings is 1. The Balaban J connectivity index is 1.46. The van der Waals surface area contributed by atoms with Gasteiger partial charge in [-0.05, 0) is 73.9 Å². The Kier molecular flexibility index (Phi) is 3.53. The molecule has 0 saturated carbocycles. The molecule has 1 unspecified atom stereocenters. The Hall–Kier alpha value is -2.54. The molecule has 7 heteroatoms. The van der Waals surface area contributed by atoms with Gasteiger partial charge >= 0.3 is 0 Å². The highest BCUT2D eigenvalue weighted by Crippen LogP contribution is 2.45. The van der Waals surface area contributed by atoms with E-state index in [1.807, 2.05) is 12.1 Å². The molecule has 1 aromatic rings. The number of piperidine rings is 2. The lowest BCUT2D eigenvalue weighted by Crippen LogP contribution is -2.54. The molecule has 0 bridgehead atoms. The van der Waals surface area contributed by atoms with Crippen LogP contribution in [0.3, 0.4) is 0 Å². The van der Waals surface area contributed by atoms with E-state index in [0.29, 0.717) is 11.1 Å². The molecule has 1 aliphatic carbocycles. The number of nitrogens with zero attached hydrogens (tertiary/aromatic N) is 1. The molecular formula is C20H21N3O4. The third kappa shape index (κ3) is 2.45. The summed E-state index contributed by atoms with van der Waals surface area (Å²) in [6.07, 6.45) is 4.42. The number of amides is 4. The normalized spacial score (nSPS) is 26.4. The van der Waals surface area contributed by atoms with Crippen LogP contribution < -0.4 is 10.6 Å². The highest BCUT2D eigenvalue weighted by molar-refractivity contribution is 6.23. The van der Waals surface area contributed by atoms with Crippen LogP contribution in [0.15, 0.2) is 12.1 Å². The predicted octanol–water partition coefficient (Wildman–Crippen LogP) is 0.556. The van der Waals surface area contributed by atoms with Gasteiger partial charge in [-0.15, -0.1) is 0 Å². The number of carbonyl (C=O) groups excluding carboxylic acids is 4. The van der Waals surface area contributed by atoms with E-state index in [4.69, 9.17) is 0 Å². The number of nitrogens with one attached hydrogen (secondary N) is 2. The van der Waals surface area contributed by atoms with Crippen LogP contribution in [0.1, 0.15) is 57.5 Å². The Labute approximate surface area is 156 Å². The van der Waals surface area contributed by atoms with Crippen molar-refractivity contribution in [3.63, 3.8) is 0 Å². The lowest BCUT2D eigenvalue weighted by atomic mass is 9.76. The van der Waals surface area contributed by atoms with Crippen molar-refractivity contribution in [2.24, 2.45) is 5.41 Å². The van der Waals surface area contributed by atoms with Gasteiger partial charge in [-0.1, -0.05) is 0 Å². The number of hydrogen-bond acceptors (Lipinski definition) is 5. The van der Waals surface area contributed by atoms with E-state index >= 15 is 0 Å². The maximum atomic E-state index is 12.9. The molecule has 1 atom stereocenters. The van der Waals surface area contributed by atoms with Crippen LogP contribution in [-0.2, 0) is 22.4 Å². The Morgan fingerprint density at radius 2 is 1.52 bits per heavy atom. The van der Waals surface area contributed by atoms with Gasteiger partial charge in [0.25, 0.3) is 11.8 Å². The molecule has 5 rings (SSSR count). The van der Waals surface area contributed by atoms with Crippen molar-refractivity contribution in [3.05, 3.63) is 34.4 Å². The first-order chi connectivity index (χ1) is 13.0. The van der Waals surface area contributed by atoms with Crippen LogP contribution in [-0.4, -0.2) is 47.7 Å². The first-order valence-corrected chi connectivity index (χ1v) is 9.56. The van der Waals surface area contributed by atoms with E-state index in [1.165, 1.54) is 0 Å². The van der Waals surface area contributed by atoms with Crippen LogP contribution >= 0.6 is 0 Å². The second-order valence-corrected chi connectivity index (χ2v) is 8.22. The van der Waals surface area contributed by atoms with E-state index in [0.717, 1.165) is 54.8 Å². The summed E-state index contributed by atoms with van der Waals surface area (Å²) in [5.74, 6) is -1.77. The van der Waals surface area contributed by atoms with Crippen molar-refractivity contribution >= 4 is 23.6 Å². The van der Waals surface area contributed by atoms with Crippen molar-refractivity contribution in [1.82, 2.24) is 15.5 Å². The predicted molar refractivity (Wildman–Crippen MR) is 95.1 cm³/mol. The monoisotopic (exact) mass is 367 g/mol. The number of fused-ring (bicyclic) bond motifs is 2. The first-order valence-electron chi connectivity index (χ1n) is 9.56. The Morgan fingerprint density at radius 3 is 2.07 bits per heavy atom. The van der Waals surface area contributed by atoms with Gasteiger partial charge in [0.1, 0.15) is 6.04 Å². The molecule has 140 valence electrons. The van der Waals surface area contributed by atoms with Gasteiger partial charge in [-0.3, -0.25) is 29.4 Å². The largest absolute Gasteiger partial charge is 0.317 e. The van der Waals surface area contributed by atoms with E-state index in [1.54, 1.807) is 0 Å². The smallest absolute Gasteiger partial charge is 0.262 e. The van der Waals surface area contributed by atoms with E-state index in [-0.39, 0.29) is 24.2 Å². The quantitative estimate of drug-likeness (QED) is 0.707. The van der Waals surface area contributed by atoms with E-state index in [9.17, 15) is 19.2 Å². The Bertz CT molecular complexity index is 854. The fourth-order valence-electron chi connectivity index (χ4n) is 5.12. The highest BCUT2D eigenvalue weighted by atomic mass is 16.2. The van der Waals surface area contributed by atoms with Gasteiger partial charge in [-0.25, -0.2) is 0 Å². The number of hydrogen-bond donors (Lipinski definition) is 2. The van der Waals surface area contributed by atoms with Gasteiger partial charge in [0.05, 0.1) is 11.1 Å². The molecule has 1 aromatic carbocycles. The molecule has 27 heavy (non-hydrogen) atoms. The van der Waals surface area contributed by atoms with Crippen LogP contribution in [0, 0.1) is 5.41 Å². The summed E-state index contributed by atoms with van der Waals surface area (Å²) in [4.78, 5) is 50.4. The molecule has 4 aliphatic rings. The third-order valence-electron chi connectivity index (χ3n) is 6.56. The maximum absolute atomic E-state index is 12.9. The van der Waals surface area contributed by atoms with Crippen molar-refractivity contribution in [1.29, 1.82) is 0 Å². The zero-order chi connectivity index (χ0) is 18.8. The van der Waals surface area contributed by atoms with Crippen molar-refractivity contribution in [2.75, 3.05) is 13.1 Å². The van der Waals surface area contributed by atoms with Crippen LogP contribution in [0.4, 0.5) is 0 Å². The van der Waals surface area contributed by atoms with Gasteiger partial charge in [0.15, 0.2) is 0 Å². The standard InChI is InChI=1S/C20H21N3O4/c24-16-2-1-15(17(25)22-16)23-18(26)13-7-11-9-20(3-5-21-6-4-20)10-12(11)8-14(13)19(23)27/h7-8,15,21H,1-6,9-10H2,(H,22,24,25). The molecule has 0 radical (unpaired) electrons. The molecule has 1 spiro atoms. The van der Waals surface area contributed by atoms with Gasteiger partial charge < -0.3 is 5.32 Å². The molecular weight excluding hydrogens is 346 g/mol. The topological polar surface area (TPSA) is 95.6 Å². The van der Waals surface area contributed by atoms with Crippen molar-refractivity contribution < 1.29 is 19.2 Å². The molecule has 3 aliphatic heterocycles. The number of rotatable bonds is 1. The zero-order valence-corrected chi connectivity index (χ0v) is 15.0. The minimum atomic E-state index is -0.902. The van der Waals surface area contributed by atoms with Gasteiger partial charge in [-0.2, -0.15) is 0 Å². The van der Waals surface area contributed by atoms with Crippen molar-refractivity contribution in [2.45, 2.75) is 44.6 Å². The number of imide groups is 2. The highest BCUT2D eigenvalue weighted by Gasteiger charge is 2.46. The Morgan fingerprint density at radius 1 is 0.926 bits per heavy atom. The fourth-order valence-corrected chi connectivity index (χ4v) is 5.12. The summed E-state index contributed by atoms with van der Waals surface area (Å²) >= 11 is 0. The summed E-state index contributed by atoms with van der Waals surface area (Å²) in [6.45, 7) is 2.02. The van der Waals surface area contributed by atoms with Crippen LogP contribution in [0.2, 0.25) is 0 Å². The second-order valence-electron chi connectivity index (χ2n) is 8.22. The minimum absolute atomic E-state index is 0.136. The summed E-state index contributed by atoms with van der Waals surface area (Å²) < 4.78 is 0. The lowest BCUT2D eigenvalue weighted by Gasteiger charge is -2.33. The summed E-state index contributed by atoms with van der Waals surface area (Å²) in [5, 5.41) is 5.62. The van der Waals surface area contributed by atoms with Crippen LogP contribution in [0.5, 0.6) is 0 Å². The zero-order valence-electron chi connectivity index (χ0n) is 15.0. The van der Waals surface area contributed by atoms with E-state index in [2.05, 4.69) is 10.6 Å². The minimum Gasteiger partial charge on any atom is -0.317 e. The van der Waals surface area contributed by atoms with E-state index < -0.39 is 23.8 Å². The van der Waals surface area contributed by atoms with Gasteiger partial charge in [0.2, 0.25) is 11.8 Å². The molecule has 0 aromatic heterocycles. The first kappa shape index (κ1) is 16.6. The fraction of sp³-hybridized carbons (Fsp3) is 0.500. The third-order valence-corrected chi connectivity index (χ3v) is 6.56. The van der Waals surface area contributed by atoms with Crippen LogP contribution in [0.25, 0.3) is 0 Å². The van der Waals surface area contributed by atoms with Gasteiger partial charge in [0, 0.05) is 6.42 Å². The summed E-state index contributed by atoms with van der Waals surface area (Å²) in [6, 6.07) is 2.84. The molecule has 7 nitrogen and oxygen atoms in total. The van der Waals surface area contributed by atoms with Crippen molar-refractivity contribution in [3.8, 4) is 0 Å².